The molecular weight excluding hydrogens is 280 g/mol. The average Bonchev–Trinajstić information content (AvgIpc) is 2.82. The zero-order valence-electron chi connectivity index (χ0n) is 12.4. The van der Waals surface area contributed by atoms with Crippen LogP contribution in [0, 0.1) is 12.3 Å². The predicted molar refractivity (Wildman–Crippen MR) is 82.1 cm³/mol. The van der Waals surface area contributed by atoms with Crippen LogP contribution in [0.1, 0.15) is 19.4 Å². The fourth-order valence-electron chi connectivity index (χ4n) is 1.91. The molecule has 1 aliphatic rings. The van der Waals surface area contributed by atoms with E-state index in [1.807, 2.05) is 13.8 Å². The molecule has 2 aromatic rings. The molecule has 2 aromatic heterocycles. The third-order valence-corrected chi connectivity index (χ3v) is 2.80. The standard InChI is InChI=1S/C12H12N2O2.C4H4N2/c1-4-9-6-5-7-13-10(9)14-8-12(2,3)16-11(14)15;1-2-5-4-6-3-1/h1,5-7H,8H2,2-3H3;1-4H. The van der Waals surface area contributed by atoms with Crippen LogP contribution in [0.3, 0.4) is 0 Å². The van der Waals surface area contributed by atoms with E-state index in [9.17, 15) is 4.79 Å². The van der Waals surface area contributed by atoms with Crippen LogP contribution in [0.25, 0.3) is 0 Å². The lowest BCUT2D eigenvalue weighted by atomic mass is 10.1. The zero-order valence-corrected chi connectivity index (χ0v) is 12.4. The third kappa shape index (κ3) is 3.79. The van der Waals surface area contributed by atoms with E-state index in [0.717, 1.165) is 0 Å². The van der Waals surface area contributed by atoms with Crippen molar-refractivity contribution in [3.05, 3.63) is 48.7 Å². The second kappa shape index (κ2) is 6.68. The summed E-state index contributed by atoms with van der Waals surface area (Å²) in [5.41, 5.74) is 0.0951. The van der Waals surface area contributed by atoms with Crippen LogP contribution in [0.4, 0.5) is 10.6 Å². The number of rotatable bonds is 1. The Balaban J connectivity index is 0.000000246. The molecule has 6 heteroatoms. The molecule has 0 radical (unpaired) electrons. The molecule has 1 fully saturated rings. The molecule has 0 bridgehead atoms. The molecule has 0 N–H and O–H groups in total. The minimum absolute atomic E-state index is 0.403. The van der Waals surface area contributed by atoms with Crippen molar-refractivity contribution in [1.82, 2.24) is 15.0 Å². The average molecular weight is 296 g/mol. The number of hydrogen-bond donors (Lipinski definition) is 0. The van der Waals surface area contributed by atoms with Crippen molar-refractivity contribution in [1.29, 1.82) is 0 Å². The Kier molecular flexibility index (Phi) is 4.69. The number of ether oxygens (including phenoxy) is 1. The van der Waals surface area contributed by atoms with E-state index in [2.05, 4.69) is 20.9 Å². The van der Waals surface area contributed by atoms with Crippen molar-refractivity contribution >= 4 is 11.9 Å². The molecule has 0 aliphatic carbocycles. The molecule has 1 amide bonds. The maximum absolute atomic E-state index is 11.7. The monoisotopic (exact) mass is 296 g/mol. The van der Waals surface area contributed by atoms with Gasteiger partial charge in [0.1, 0.15) is 11.9 Å². The lowest BCUT2D eigenvalue weighted by molar-refractivity contribution is 0.0871. The van der Waals surface area contributed by atoms with Crippen LogP contribution in [0.15, 0.2) is 43.1 Å². The molecular formula is C16H16N4O2. The van der Waals surface area contributed by atoms with Gasteiger partial charge in [0, 0.05) is 18.6 Å². The zero-order chi connectivity index (χ0) is 16.0. The van der Waals surface area contributed by atoms with Gasteiger partial charge in [-0.05, 0) is 32.0 Å². The predicted octanol–water partition coefficient (Wildman–Crippen LogP) is 2.27. The maximum Gasteiger partial charge on any atom is 0.416 e. The first kappa shape index (κ1) is 15.4. The Morgan fingerprint density at radius 3 is 2.45 bits per heavy atom. The van der Waals surface area contributed by atoms with Gasteiger partial charge >= 0.3 is 6.09 Å². The molecule has 22 heavy (non-hydrogen) atoms. The first-order valence-electron chi connectivity index (χ1n) is 6.65. The van der Waals surface area contributed by atoms with E-state index < -0.39 is 11.7 Å². The summed E-state index contributed by atoms with van der Waals surface area (Å²) >= 11 is 0. The highest BCUT2D eigenvalue weighted by molar-refractivity contribution is 5.90. The van der Waals surface area contributed by atoms with Gasteiger partial charge < -0.3 is 4.74 Å². The van der Waals surface area contributed by atoms with Gasteiger partial charge in [-0.25, -0.2) is 19.7 Å². The SMILES string of the molecule is C#Cc1cccnc1N1CC(C)(C)OC1=O.c1cncnc1. The summed E-state index contributed by atoms with van der Waals surface area (Å²) in [5.74, 6) is 3.00. The van der Waals surface area contributed by atoms with Crippen LogP contribution in [-0.2, 0) is 4.74 Å². The van der Waals surface area contributed by atoms with Gasteiger partial charge in [0.25, 0.3) is 0 Å². The topological polar surface area (TPSA) is 68.2 Å². The fourth-order valence-corrected chi connectivity index (χ4v) is 1.91. The second-order valence-corrected chi connectivity index (χ2v) is 5.14. The van der Waals surface area contributed by atoms with Gasteiger partial charge in [0.15, 0.2) is 5.82 Å². The molecule has 3 rings (SSSR count). The number of carbonyl (C=O) groups is 1. The molecule has 112 valence electrons. The van der Waals surface area contributed by atoms with E-state index >= 15 is 0 Å². The highest BCUT2D eigenvalue weighted by atomic mass is 16.6. The number of aromatic nitrogens is 3. The first-order chi connectivity index (χ1) is 10.5. The molecule has 1 aliphatic heterocycles. The van der Waals surface area contributed by atoms with Gasteiger partial charge in [-0.2, -0.15) is 0 Å². The highest BCUT2D eigenvalue weighted by Gasteiger charge is 2.39. The molecule has 0 atom stereocenters. The number of terminal acetylenes is 1. The van der Waals surface area contributed by atoms with E-state index in [4.69, 9.17) is 11.2 Å². The van der Waals surface area contributed by atoms with Crippen LogP contribution in [-0.4, -0.2) is 33.2 Å². The Morgan fingerprint density at radius 2 is 2.00 bits per heavy atom. The molecule has 1 saturated heterocycles. The Hall–Kier alpha value is -2.94. The van der Waals surface area contributed by atoms with Crippen LogP contribution in [0.5, 0.6) is 0 Å². The summed E-state index contributed by atoms with van der Waals surface area (Å²) in [7, 11) is 0. The van der Waals surface area contributed by atoms with Gasteiger partial charge in [-0.1, -0.05) is 5.92 Å². The summed E-state index contributed by atoms with van der Waals surface area (Å²) in [6.07, 6.45) is 11.4. The Bertz CT molecular complexity index is 653. The van der Waals surface area contributed by atoms with Gasteiger partial charge in [0.05, 0.1) is 12.1 Å². The van der Waals surface area contributed by atoms with Crippen LogP contribution < -0.4 is 4.90 Å². The first-order valence-corrected chi connectivity index (χ1v) is 6.65. The van der Waals surface area contributed by atoms with Gasteiger partial charge in [-0.3, -0.25) is 4.90 Å². The van der Waals surface area contributed by atoms with Crippen LogP contribution in [0.2, 0.25) is 0 Å². The second-order valence-electron chi connectivity index (χ2n) is 5.14. The number of nitrogens with zero attached hydrogens (tertiary/aromatic N) is 4. The van der Waals surface area contributed by atoms with Crippen molar-refractivity contribution < 1.29 is 9.53 Å². The Labute approximate surface area is 129 Å². The number of carbonyl (C=O) groups excluding carboxylic acids is 1. The summed E-state index contributed by atoms with van der Waals surface area (Å²) in [6.45, 7) is 4.16. The van der Waals surface area contributed by atoms with E-state index in [-0.39, 0.29) is 0 Å². The molecule has 0 aromatic carbocycles. The lowest BCUT2D eigenvalue weighted by Crippen LogP contribution is -2.29. The van der Waals surface area contributed by atoms with Crippen molar-refractivity contribution in [2.24, 2.45) is 0 Å². The quantitative estimate of drug-likeness (QED) is 0.755. The van der Waals surface area contributed by atoms with Crippen molar-refractivity contribution in [3.63, 3.8) is 0 Å². The number of pyridine rings is 1. The normalized spacial score (nSPS) is 15.3. The molecule has 3 heterocycles. The molecule has 6 nitrogen and oxygen atoms in total. The highest BCUT2D eigenvalue weighted by Crippen LogP contribution is 2.27. The summed E-state index contributed by atoms with van der Waals surface area (Å²) < 4.78 is 5.19. The Morgan fingerprint density at radius 1 is 1.27 bits per heavy atom. The van der Waals surface area contributed by atoms with E-state index in [1.54, 1.807) is 36.8 Å². The van der Waals surface area contributed by atoms with Gasteiger partial charge in [-0.15, -0.1) is 6.42 Å². The van der Waals surface area contributed by atoms with Gasteiger partial charge in [0.2, 0.25) is 0 Å². The molecule has 0 spiro atoms. The molecule has 0 unspecified atom stereocenters. The minimum atomic E-state index is -0.500. The number of anilines is 1. The van der Waals surface area contributed by atoms with Crippen molar-refractivity contribution in [3.8, 4) is 12.3 Å². The lowest BCUT2D eigenvalue weighted by Gasteiger charge is -2.15. The number of hydrogen-bond acceptors (Lipinski definition) is 5. The number of cyclic esters (lactones) is 1. The van der Waals surface area contributed by atoms with Crippen molar-refractivity contribution in [2.75, 3.05) is 11.4 Å². The smallest absolute Gasteiger partial charge is 0.416 e. The third-order valence-electron chi connectivity index (χ3n) is 2.80. The number of amides is 1. The summed E-state index contributed by atoms with van der Waals surface area (Å²) in [5, 5.41) is 0. The summed E-state index contributed by atoms with van der Waals surface area (Å²) in [4.78, 5) is 24.6. The van der Waals surface area contributed by atoms with Crippen molar-refractivity contribution in [2.45, 2.75) is 19.4 Å². The van der Waals surface area contributed by atoms with E-state index in [1.165, 1.54) is 11.2 Å². The van der Waals surface area contributed by atoms with Crippen LogP contribution >= 0.6 is 0 Å². The summed E-state index contributed by atoms with van der Waals surface area (Å²) in [6, 6.07) is 5.27. The minimum Gasteiger partial charge on any atom is -0.441 e. The largest absolute Gasteiger partial charge is 0.441 e. The van der Waals surface area contributed by atoms with E-state index in [0.29, 0.717) is 17.9 Å². The fraction of sp³-hybridized carbons (Fsp3) is 0.250. The maximum atomic E-state index is 11.7. The molecule has 0 saturated carbocycles.